The Morgan fingerprint density at radius 3 is 2.67 bits per heavy atom. The molecular formula is C21H21ClN4O. The highest BCUT2D eigenvalue weighted by Gasteiger charge is 2.32. The lowest BCUT2D eigenvalue weighted by Gasteiger charge is -2.31. The van der Waals surface area contributed by atoms with Crippen LogP contribution in [0.1, 0.15) is 24.0 Å². The van der Waals surface area contributed by atoms with E-state index in [1.807, 2.05) is 48.2 Å². The maximum Gasteiger partial charge on any atom is 0.231 e. The molecule has 0 aliphatic carbocycles. The second-order valence-electron chi connectivity index (χ2n) is 6.94. The molecule has 0 spiro atoms. The van der Waals surface area contributed by atoms with E-state index in [4.69, 9.17) is 11.6 Å². The summed E-state index contributed by atoms with van der Waals surface area (Å²) in [4.78, 5) is 19.0. The molecule has 1 saturated heterocycles. The van der Waals surface area contributed by atoms with Gasteiger partial charge in [-0.05, 0) is 56.0 Å². The van der Waals surface area contributed by atoms with Crippen molar-refractivity contribution in [1.29, 1.82) is 0 Å². The zero-order valence-electron chi connectivity index (χ0n) is 15.2. The summed E-state index contributed by atoms with van der Waals surface area (Å²) in [5.41, 5.74) is 4.07. The Bertz CT molecular complexity index is 937. The minimum absolute atomic E-state index is 0.0274. The zero-order chi connectivity index (χ0) is 18.8. The number of benzene rings is 1. The van der Waals surface area contributed by atoms with Crippen LogP contribution in [0.4, 0.5) is 5.82 Å². The van der Waals surface area contributed by atoms with Crippen molar-refractivity contribution in [3.63, 3.8) is 0 Å². The first-order valence-corrected chi connectivity index (χ1v) is 9.52. The summed E-state index contributed by atoms with van der Waals surface area (Å²) in [7, 11) is 0. The van der Waals surface area contributed by atoms with Crippen LogP contribution in [0.15, 0.2) is 48.8 Å². The number of halogens is 1. The van der Waals surface area contributed by atoms with Crippen LogP contribution < -0.4 is 4.90 Å². The van der Waals surface area contributed by atoms with Gasteiger partial charge in [-0.1, -0.05) is 23.7 Å². The monoisotopic (exact) mass is 380 g/mol. The number of nitrogens with zero attached hydrogens (tertiary/aromatic N) is 3. The quantitative estimate of drug-likeness (QED) is 0.728. The number of rotatable bonds is 4. The highest BCUT2D eigenvalue weighted by atomic mass is 35.5. The van der Waals surface area contributed by atoms with Gasteiger partial charge in [0.15, 0.2) is 5.82 Å². The zero-order valence-corrected chi connectivity index (χ0v) is 15.9. The van der Waals surface area contributed by atoms with Crippen LogP contribution in [0.25, 0.3) is 11.3 Å². The third-order valence-electron chi connectivity index (χ3n) is 5.15. The first-order chi connectivity index (χ1) is 13.1. The van der Waals surface area contributed by atoms with Gasteiger partial charge in [0.2, 0.25) is 5.91 Å². The van der Waals surface area contributed by atoms with Gasteiger partial charge in [-0.15, -0.1) is 0 Å². The molecule has 3 aromatic rings. The number of nitrogens with one attached hydrogen (secondary N) is 1. The molecule has 27 heavy (non-hydrogen) atoms. The fourth-order valence-corrected chi connectivity index (χ4v) is 3.83. The molecule has 1 aliphatic rings. The van der Waals surface area contributed by atoms with Gasteiger partial charge in [0.05, 0.1) is 5.69 Å². The van der Waals surface area contributed by atoms with Crippen LogP contribution in [-0.2, 0) is 11.2 Å². The van der Waals surface area contributed by atoms with Gasteiger partial charge in [0, 0.05) is 41.0 Å². The van der Waals surface area contributed by atoms with Crippen LogP contribution in [0.3, 0.4) is 0 Å². The van der Waals surface area contributed by atoms with Crippen molar-refractivity contribution in [2.24, 2.45) is 5.92 Å². The van der Waals surface area contributed by atoms with E-state index in [1.54, 1.807) is 12.4 Å². The lowest BCUT2D eigenvalue weighted by atomic mass is 9.90. The van der Waals surface area contributed by atoms with Crippen LogP contribution in [0.5, 0.6) is 0 Å². The first kappa shape index (κ1) is 17.7. The van der Waals surface area contributed by atoms with E-state index in [0.29, 0.717) is 11.6 Å². The minimum atomic E-state index is -0.0274. The largest absolute Gasteiger partial charge is 0.295 e. The highest BCUT2D eigenvalue weighted by Crippen LogP contribution is 2.32. The Labute approximate surface area is 163 Å². The van der Waals surface area contributed by atoms with Crippen LogP contribution >= 0.6 is 11.6 Å². The van der Waals surface area contributed by atoms with Crippen LogP contribution in [0.2, 0.25) is 5.02 Å². The normalized spacial score (nSPS) is 17.3. The lowest BCUT2D eigenvalue weighted by molar-refractivity contribution is -0.123. The number of hydrogen-bond acceptors (Lipinski definition) is 3. The molecule has 5 nitrogen and oxygen atoms in total. The molecular weight excluding hydrogens is 360 g/mol. The Morgan fingerprint density at radius 1 is 1.19 bits per heavy atom. The minimum Gasteiger partial charge on any atom is -0.295 e. The van der Waals surface area contributed by atoms with E-state index in [-0.39, 0.29) is 11.8 Å². The maximum absolute atomic E-state index is 13.1. The second-order valence-corrected chi connectivity index (χ2v) is 7.38. The number of carbonyl (C=O) groups excluding carboxylic acids is 1. The first-order valence-electron chi connectivity index (χ1n) is 9.14. The average Bonchev–Trinajstić information content (AvgIpc) is 3.07. The number of carbonyl (C=O) groups is 1. The third-order valence-corrected chi connectivity index (χ3v) is 5.41. The number of piperidine rings is 1. The fourth-order valence-electron chi connectivity index (χ4n) is 3.71. The summed E-state index contributed by atoms with van der Waals surface area (Å²) in [6, 6.07) is 11.6. The predicted molar refractivity (Wildman–Crippen MR) is 107 cm³/mol. The van der Waals surface area contributed by atoms with Gasteiger partial charge in [-0.2, -0.15) is 5.10 Å². The van der Waals surface area contributed by atoms with Crippen molar-refractivity contribution >= 4 is 23.3 Å². The lowest BCUT2D eigenvalue weighted by Crippen LogP contribution is -2.42. The fraction of sp³-hybridized carbons (Fsp3) is 0.286. The van der Waals surface area contributed by atoms with E-state index < -0.39 is 0 Å². The van der Waals surface area contributed by atoms with E-state index in [2.05, 4.69) is 15.2 Å². The number of amides is 1. The Hall–Kier alpha value is -2.66. The number of anilines is 1. The number of pyridine rings is 1. The van der Waals surface area contributed by atoms with Gasteiger partial charge < -0.3 is 0 Å². The van der Waals surface area contributed by atoms with E-state index in [1.165, 1.54) is 0 Å². The summed E-state index contributed by atoms with van der Waals surface area (Å²) >= 11 is 5.97. The molecule has 0 bridgehead atoms. The summed E-state index contributed by atoms with van der Waals surface area (Å²) < 4.78 is 0. The number of aromatic amines is 1. The Morgan fingerprint density at radius 2 is 1.93 bits per heavy atom. The predicted octanol–water partition coefficient (Wildman–Crippen LogP) is 4.42. The second kappa shape index (κ2) is 7.53. The summed E-state index contributed by atoms with van der Waals surface area (Å²) in [5.74, 6) is 0.847. The molecule has 1 atom stereocenters. The molecule has 0 saturated carbocycles. The van der Waals surface area contributed by atoms with E-state index in [0.717, 1.165) is 47.5 Å². The maximum atomic E-state index is 13.1. The van der Waals surface area contributed by atoms with Gasteiger partial charge in [0.1, 0.15) is 0 Å². The smallest absolute Gasteiger partial charge is 0.231 e. The van der Waals surface area contributed by atoms with Crippen molar-refractivity contribution in [1.82, 2.24) is 15.2 Å². The van der Waals surface area contributed by atoms with Crippen molar-refractivity contribution in [2.45, 2.75) is 26.2 Å². The summed E-state index contributed by atoms with van der Waals surface area (Å²) in [5, 5.41) is 8.27. The molecule has 3 heterocycles. The molecule has 4 rings (SSSR count). The molecule has 1 amide bonds. The molecule has 1 fully saturated rings. The molecule has 1 aliphatic heterocycles. The molecule has 138 valence electrons. The topological polar surface area (TPSA) is 61.9 Å². The van der Waals surface area contributed by atoms with Gasteiger partial charge >= 0.3 is 0 Å². The van der Waals surface area contributed by atoms with Crippen molar-refractivity contribution in [2.75, 3.05) is 11.4 Å². The van der Waals surface area contributed by atoms with E-state index >= 15 is 0 Å². The molecule has 0 radical (unpaired) electrons. The number of aromatic nitrogens is 3. The van der Waals surface area contributed by atoms with Gasteiger partial charge in [-0.25, -0.2) is 0 Å². The van der Waals surface area contributed by atoms with Gasteiger partial charge in [0.25, 0.3) is 0 Å². The Kier molecular flexibility index (Phi) is 4.94. The molecule has 0 unspecified atom stereocenters. The van der Waals surface area contributed by atoms with Crippen molar-refractivity contribution < 1.29 is 4.79 Å². The standard InChI is InChI=1S/C21H21ClN4O/c1-14-19(16-8-10-23-11-9-16)24-25-20(14)26-12-2-3-17(21(26)27)13-15-4-6-18(22)7-5-15/h4-11,17H,2-3,12-13H2,1H3,(H,24,25)/t17-/m1/s1. The highest BCUT2D eigenvalue weighted by molar-refractivity contribution is 6.30. The third kappa shape index (κ3) is 3.60. The SMILES string of the molecule is Cc1c(N2CCC[C@H](Cc3ccc(Cl)cc3)C2=O)n[nH]c1-c1ccncc1. The molecule has 1 aromatic carbocycles. The average molecular weight is 381 g/mol. The van der Waals surface area contributed by atoms with Crippen molar-refractivity contribution in [3.8, 4) is 11.3 Å². The van der Waals surface area contributed by atoms with E-state index in [9.17, 15) is 4.79 Å². The molecule has 6 heteroatoms. The molecule has 1 N–H and O–H groups in total. The summed E-state index contributed by atoms with van der Waals surface area (Å²) in [6.45, 7) is 2.71. The Balaban J connectivity index is 1.56. The molecule has 2 aromatic heterocycles. The number of H-pyrrole nitrogens is 1. The number of hydrogen-bond donors (Lipinski definition) is 1. The van der Waals surface area contributed by atoms with Crippen molar-refractivity contribution in [3.05, 3.63) is 64.9 Å². The van der Waals surface area contributed by atoms with Crippen LogP contribution in [0, 0.1) is 12.8 Å². The van der Waals surface area contributed by atoms with Crippen LogP contribution in [-0.4, -0.2) is 27.6 Å². The van der Waals surface area contributed by atoms with Gasteiger partial charge in [-0.3, -0.25) is 19.8 Å². The summed E-state index contributed by atoms with van der Waals surface area (Å²) in [6.07, 6.45) is 6.11.